The Morgan fingerprint density at radius 2 is 2.06 bits per heavy atom. The summed E-state index contributed by atoms with van der Waals surface area (Å²) in [7, 11) is -4.94. The van der Waals surface area contributed by atoms with Crippen LogP contribution >= 0.6 is 23.5 Å². The molecule has 0 saturated heterocycles. The van der Waals surface area contributed by atoms with Crippen molar-refractivity contribution in [3.8, 4) is 0 Å². The van der Waals surface area contributed by atoms with Gasteiger partial charge in [0.15, 0.2) is 0 Å². The minimum atomic E-state index is -4.94. The van der Waals surface area contributed by atoms with E-state index < -0.39 is 13.7 Å². The second-order valence-electron chi connectivity index (χ2n) is 3.25. The Kier molecular flexibility index (Phi) is 4.46. The molecule has 0 fully saturated rings. The predicted octanol–water partition coefficient (Wildman–Crippen LogP) is 2.64. The van der Waals surface area contributed by atoms with Gasteiger partial charge in [0.1, 0.15) is 0 Å². The molecule has 0 radical (unpaired) electrons. The molecule has 1 aromatic rings. The van der Waals surface area contributed by atoms with Crippen LogP contribution in [0.15, 0.2) is 35.3 Å². The van der Waals surface area contributed by atoms with Crippen molar-refractivity contribution in [1.82, 2.24) is 0 Å². The summed E-state index contributed by atoms with van der Waals surface area (Å²) < 4.78 is 37.6. The van der Waals surface area contributed by atoms with E-state index in [9.17, 15) is 12.3 Å². The first-order chi connectivity index (χ1) is 8.44. The molecule has 3 nitrogen and oxygen atoms in total. The van der Waals surface area contributed by atoms with Crippen molar-refractivity contribution in [2.75, 3.05) is 6.26 Å². The molecule has 1 aromatic carbocycles. The van der Waals surface area contributed by atoms with Gasteiger partial charge in [-0.05, 0) is 0 Å². The Morgan fingerprint density at radius 1 is 1.39 bits per heavy atom. The Hall–Kier alpha value is 0.0195. The molecule has 1 unspecified atom stereocenters. The summed E-state index contributed by atoms with van der Waals surface area (Å²) in [5.74, 6) is 0. The molecule has 98 valence electrons. The molecule has 1 aliphatic rings. The Morgan fingerprint density at radius 3 is 2.61 bits per heavy atom. The monoisotopic (exact) mass is 372 g/mol. The van der Waals surface area contributed by atoms with Gasteiger partial charge in [-0.3, -0.25) is 0 Å². The molecular formula is C10H9FO3S3Se. The molecule has 0 N–H and O–H groups in total. The molecule has 0 saturated carbocycles. The summed E-state index contributed by atoms with van der Waals surface area (Å²) in [6.45, 7) is 0. The third-order valence-electron chi connectivity index (χ3n) is 2.06. The predicted molar refractivity (Wildman–Crippen MR) is 75.1 cm³/mol. The molecule has 0 spiro atoms. The summed E-state index contributed by atoms with van der Waals surface area (Å²) in [6, 6.07) is 9.55. The molecule has 8 heteroatoms. The van der Waals surface area contributed by atoms with Crippen LogP contribution in [0.3, 0.4) is 0 Å². The van der Waals surface area contributed by atoms with Crippen molar-refractivity contribution in [2.45, 2.75) is 3.16 Å². The van der Waals surface area contributed by atoms with Crippen molar-refractivity contribution in [3.63, 3.8) is 0 Å². The van der Waals surface area contributed by atoms with Crippen molar-refractivity contribution >= 4 is 53.9 Å². The molecule has 1 atom stereocenters. The second kappa shape index (κ2) is 5.56. The molecule has 1 aliphatic heterocycles. The normalized spacial score (nSPS) is 24.0. The van der Waals surface area contributed by atoms with E-state index in [1.807, 2.05) is 35.3 Å². The van der Waals surface area contributed by atoms with Gasteiger partial charge in [0.05, 0.1) is 0 Å². The first-order valence-electron chi connectivity index (χ1n) is 4.77. The van der Waals surface area contributed by atoms with Crippen LogP contribution < -0.4 is 0 Å². The second-order valence-corrected chi connectivity index (χ2v) is 10.0. The zero-order valence-corrected chi connectivity index (χ0v) is 13.4. The minimum absolute atomic E-state index is 0.262. The number of hydrogen-bond acceptors (Lipinski definition) is 5. The van der Waals surface area contributed by atoms with Crippen LogP contribution in [0, 0.1) is 0 Å². The van der Waals surface area contributed by atoms with Gasteiger partial charge in [-0.15, -0.1) is 0 Å². The van der Waals surface area contributed by atoms with Gasteiger partial charge in [-0.25, -0.2) is 0 Å². The van der Waals surface area contributed by atoms with E-state index in [1.165, 1.54) is 23.5 Å². The molecular weight excluding hydrogens is 362 g/mol. The number of thioether (sulfide) groups is 2. The van der Waals surface area contributed by atoms with Gasteiger partial charge in [0.2, 0.25) is 0 Å². The van der Waals surface area contributed by atoms with Gasteiger partial charge in [-0.1, -0.05) is 0 Å². The maximum absolute atomic E-state index is 12.7. The van der Waals surface area contributed by atoms with Crippen molar-refractivity contribution in [1.29, 1.82) is 0 Å². The van der Waals surface area contributed by atoms with Crippen LogP contribution in [0.25, 0.3) is 4.91 Å². The van der Waals surface area contributed by atoms with Gasteiger partial charge >= 0.3 is 121 Å². The quantitative estimate of drug-likeness (QED) is 0.463. The number of hydrogen-bond donors (Lipinski definition) is 0. The first kappa shape index (κ1) is 14.4. The summed E-state index contributed by atoms with van der Waals surface area (Å²) in [4.78, 5) is 2.85. The third kappa shape index (κ3) is 3.52. The molecule has 0 amide bonds. The van der Waals surface area contributed by atoms with E-state index >= 15 is 0 Å². The van der Waals surface area contributed by atoms with Crippen LogP contribution in [-0.2, 0) is 14.7 Å². The fourth-order valence-electron chi connectivity index (χ4n) is 1.32. The summed E-state index contributed by atoms with van der Waals surface area (Å²) >= 11 is 2.19. The topological polar surface area (TPSA) is 43.4 Å². The molecule has 2 rings (SSSR count). The molecule has 0 aromatic heterocycles. The van der Waals surface area contributed by atoms with Crippen LogP contribution in [0.5, 0.6) is 0 Å². The van der Waals surface area contributed by atoms with Crippen molar-refractivity contribution < 1.29 is 16.5 Å². The third-order valence-corrected chi connectivity index (χ3v) is 9.63. The molecule has 0 aliphatic carbocycles. The maximum atomic E-state index is 12.7. The van der Waals surface area contributed by atoms with Crippen molar-refractivity contribution in [3.05, 3.63) is 40.9 Å². The van der Waals surface area contributed by atoms with Crippen molar-refractivity contribution in [2.24, 2.45) is 0 Å². The summed E-state index contributed by atoms with van der Waals surface area (Å²) in [5.41, 5.74) is 0.986. The fraction of sp³-hybridized carbons (Fsp3) is 0.200. The molecule has 1 heterocycles. The standard InChI is InChI=1S/C10H9FO3S3Se/c1-15-10(14-17(11,12)13)16-9(7-18-10)8-5-3-2-4-6-8/h2-7H,1H3. The van der Waals surface area contributed by atoms with Crippen LogP contribution in [0.4, 0.5) is 3.89 Å². The van der Waals surface area contributed by atoms with E-state index in [0.29, 0.717) is 0 Å². The van der Waals surface area contributed by atoms with Crippen LogP contribution in [0.1, 0.15) is 5.56 Å². The molecule has 18 heavy (non-hydrogen) atoms. The van der Waals surface area contributed by atoms with E-state index in [-0.39, 0.29) is 15.0 Å². The Bertz CT molecular complexity index is 561. The van der Waals surface area contributed by atoms with E-state index in [0.717, 1.165) is 10.5 Å². The van der Waals surface area contributed by atoms with Gasteiger partial charge in [-0.2, -0.15) is 0 Å². The zero-order chi connectivity index (χ0) is 13.2. The zero-order valence-electron chi connectivity index (χ0n) is 9.20. The van der Waals surface area contributed by atoms with Crippen LogP contribution in [-0.4, -0.2) is 32.8 Å². The van der Waals surface area contributed by atoms with Gasteiger partial charge < -0.3 is 0 Å². The average molecular weight is 371 g/mol. The average Bonchev–Trinajstić information content (AvgIpc) is 2.73. The summed E-state index contributed by atoms with van der Waals surface area (Å²) in [5, 5.41) is 0. The first-order valence-corrected chi connectivity index (χ1v) is 9.96. The summed E-state index contributed by atoms with van der Waals surface area (Å²) in [6.07, 6.45) is 1.71. The van der Waals surface area contributed by atoms with E-state index in [1.54, 1.807) is 6.26 Å². The number of rotatable bonds is 4. The van der Waals surface area contributed by atoms with Gasteiger partial charge in [0.25, 0.3) is 0 Å². The van der Waals surface area contributed by atoms with Crippen LogP contribution in [0.2, 0.25) is 0 Å². The Balaban J connectivity index is 2.18. The number of benzene rings is 1. The van der Waals surface area contributed by atoms with Gasteiger partial charge in [0, 0.05) is 0 Å². The number of halogens is 1. The molecule has 0 bridgehead atoms. The fourth-order valence-corrected chi connectivity index (χ4v) is 7.92. The SMILES string of the molecule is CSC1(OS(=O)(=O)F)SC(c2ccccc2)=C[Se]1. The van der Waals surface area contributed by atoms with E-state index in [4.69, 9.17) is 0 Å². The Labute approximate surface area is 120 Å². The van der Waals surface area contributed by atoms with E-state index in [2.05, 4.69) is 4.18 Å².